The summed E-state index contributed by atoms with van der Waals surface area (Å²) in [6.07, 6.45) is 1.46. The van der Waals surface area contributed by atoms with Crippen LogP contribution in [0.3, 0.4) is 0 Å². The molecule has 1 atom stereocenters. The number of hydrogen-bond acceptors (Lipinski definition) is 3. The van der Waals surface area contributed by atoms with Crippen LogP contribution in [-0.2, 0) is 4.79 Å². The van der Waals surface area contributed by atoms with Crippen molar-refractivity contribution in [3.05, 3.63) is 29.8 Å². The normalized spacial score (nSPS) is 12.8. The number of rotatable bonds is 6. The van der Waals surface area contributed by atoms with Gasteiger partial charge < -0.3 is 5.32 Å². The highest BCUT2D eigenvalue weighted by Gasteiger charge is 2.15. The van der Waals surface area contributed by atoms with Gasteiger partial charge in [0.1, 0.15) is 0 Å². The molecule has 0 aliphatic carbocycles. The van der Waals surface area contributed by atoms with Crippen LogP contribution in [0.15, 0.2) is 24.3 Å². The van der Waals surface area contributed by atoms with Crippen LogP contribution in [0, 0.1) is 5.41 Å². The van der Waals surface area contributed by atoms with Crippen molar-refractivity contribution in [3.8, 4) is 0 Å². The SMILES string of the molecule is CC(CCNC(=O)CC(C)(C)C)c1ccc(NO)cc1. The molecular weight excluding hydrogens is 252 g/mol. The molecule has 1 rings (SSSR count). The fourth-order valence-electron chi connectivity index (χ4n) is 2.03. The van der Waals surface area contributed by atoms with Crippen LogP contribution in [-0.4, -0.2) is 17.7 Å². The van der Waals surface area contributed by atoms with Gasteiger partial charge >= 0.3 is 0 Å². The van der Waals surface area contributed by atoms with E-state index in [0.29, 0.717) is 24.6 Å². The summed E-state index contributed by atoms with van der Waals surface area (Å²) < 4.78 is 0. The lowest BCUT2D eigenvalue weighted by Crippen LogP contribution is -2.28. The van der Waals surface area contributed by atoms with Crippen molar-refractivity contribution in [1.29, 1.82) is 0 Å². The summed E-state index contributed by atoms with van der Waals surface area (Å²) in [5, 5.41) is 11.7. The molecule has 0 radical (unpaired) electrons. The lowest BCUT2D eigenvalue weighted by molar-refractivity contribution is -0.122. The first kappa shape index (κ1) is 16.5. The van der Waals surface area contributed by atoms with Gasteiger partial charge in [-0.25, -0.2) is 0 Å². The van der Waals surface area contributed by atoms with Gasteiger partial charge in [0.25, 0.3) is 0 Å². The molecule has 0 heterocycles. The van der Waals surface area contributed by atoms with Crippen molar-refractivity contribution in [1.82, 2.24) is 5.32 Å². The average Bonchev–Trinajstić information content (AvgIpc) is 2.36. The molecule has 3 N–H and O–H groups in total. The smallest absolute Gasteiger partial charge is 0.220 e. The van der Waals surface area contributed by atoms with E-state index in [-0.39, 0.29) is 11.3 Å². The zero-order chi connectivity index (χ0) is 15.2. The van der Waals surface area contributed by atoms with Gasteiger partial charge in [-0.1, -0.05) is 39.8 Å². The van der Waals surface area contributed by atoms with E-state index < -0.39 is 0 Å². The first-order valence-corrected chi connectivity index (χ1v) is 7.08. The largest absolute Gasteiger partial charge is 0.356 e. The van der Waals surface area contributed by atoms with Crippen molar-refractivity contribution >= 4 is 11.6 Å². The second kappa shape index (κ2) is 7.29. The van der Waals surface area contributed by atoms with Crippen LogP contribution in [0.1, 0.15) is 52.0 Å². The molecule has 0 aliphatic heterocycles. The minimum atomic E-state index is 0.0306. The van der Waals surface area contributed by atoms with E-state index in [9.17, 15) is 4.79 Å². The van der Waals surface area contributed by atoms with Crippen molar-refractivity contribution in [2.24, 2.45) is 5.41 Å². The predicted octanol–water partition coefficient (Wildman–Crippen LogP) is 3.53. The fraction of sp³-hybridized carbons (Fsp3) is 0.562. The maximum absolute atomic E-state index is 11.7. The monoisotopic (exact) mass is 278 g/mol. The molecule has 0 bridgehead atoms. The molecule has 1 aromatic rings. The van der Waals surface area contributed by atoms with E-state index >= 15 is 0 Å². The second-order valence-electron chi connectivity index (χ2n) is 6.51. The molecule has 0 saturated heterocycles. The van der Waals surface area contributed by atoms with E-state index in [2.05, 4.69) is 38.5 Å². The first-order chi connectivity index (χ1) is 9.31. The number of carbonyl (C=O) groups excluding carboxylic acids is 1. The summed E-state index contributed by atoms with van der Waals surface area (Å²) in [5.41, 5.74) is 4.03. The molecule has 0 saturated carbocycles. The molecule has 0 spiro atoms. The Kier molecular flexibility index (Phi) is 6.02. The Balaban J connectivity index is 2.35. The maximum atomic E-state index is 11.7. The Morgan fingerprint density at radius 1 is 1.25 bits per heavy atom. The zero-order valence-electron chi connectivity index (χ0n) is 12.9. The molecule has 1 aromatic carbocycles. The van der Waals surface area contributed by atoms with Gasteiger partial charge in [0.2, 0.25) is 5.91 Å². The average molecular weight is 278 g/mol. The molecule has 112 valence electrons. The summed E-state index contributed by atoms with van der Waals surface area (Å²) in [5.74, 6) is 0.488. The van der Waals surface area contributed by atoms with Gasteiger partial charge in [-0.05, 0) is 35.4 Å². The minimum Gasteiger partial charge on any atom is -0.356 e. The molecule has 20 heavy (non-hydrogen) atoms. The van der Waals surface area contributed by atoms with E-state index in [1.54, 1.807) is 0 Å². The highest BCUT2D eigenvalue weighted by Crippen LogP contribution is 2.21. The zero-order valence-corrected chi connectivity index (χ0v) is 12.9. The first-order valence-electron chi connectivity index (χ1n) is 7.08. The molecule has 1 amide bonds. The standard InChI is InChI=1S/C16H26N2O2/c1-12(13-5-7-14(18-20)8-6-13)9-10-17-15(19)11-16(2,3)4/h5-8,12,18,20H,9-11H2,1-4H3,(H,17,19). The maximum Gasteiger partial charge on any atom is 0.220 e. The van der Waals surface area contributed by atoms with E-state index in [1.807, 2.05) is 24.3 Å². The second-order valence-corrected chi connectivity index (χ2v) is 6.51. The van der Waals surface area contributed by atoms with Crippen molar-refractivity contribution in [3.63, 3.8) is 0 Å². The van der Waals surface area contributed by atoms with Crippen LogP contribution < -0.4 is 10.8 Å². The van der Waals surface area contributed by atoms with E-state index in [4.69, 9.17) is 5.21 Å². The molecule has 4 nitrogen and oxygen atoms in total. The fourth-order valence-corrected chi connectivity index (χ4v) is 2.03. The lowest BCUT2D eigenvalue weighted by Gasteiger charge is -2.18. The third-order valence-electron chi connectivity index (χ3n) is 3.20. The van der Waals surface area contributed by atoms with Gasteiger partial charge in [0, 0.05) is 13.0 Å². The summed E-state index contributed by atoms with van der Waals surface area (Å²) in [4.78, 5) is 11.7. The number of amides is 1. The van der Waals surface area contributed by atoms with E-state index in [1.165, 1.54) is 5.56 Å². The Morgan fingerprint density at radius 3 is 2.35 bits per heavy atom. The molecular formula is C16H26N2O2. The van der Waals surface area contributed by atoms with Crippen molar-refractivity contribution in [2.75, 3.05) is 12.0 Å². The quantitative estimate of drug-likeness (QED) is 0.698. The van der Waals surface area contributed by atoms with Gasteiger partial charge in [-0.15, -0.1) is 0 Å². The summed E-state index contributed by atoms with van der Waals surface area (Å²) in [7, 11) is 0. The lowest BCUT2D eigenvalue weighted by atomic mass is 9.92. The molecule has 1 unspecified atom stereocenters. The molecule has 0 fully saturated rings. The van der Waals surface area contributed by atoms with Crippen LogP contribution in [0.25, 0.3) is 0 Å². The van der Waals surface area contributed by atoms with Crippen LogP contribution >= 0.6 is 0 Å². The Labute approximate surface area is 121 Å². The van der Waals surface area contributed by atoms with Crippen LogP contribution in [0.2, 0.25) is 0 Å². The number of hydrogen-bond donors (Lipinski definition) is 3. The Morgan fingerprint density at radius 2 is 1.85 bits per heavy atom. The number of carbonyl (C=O) groups is 1. The van der Waals surface area contributed by atoms with Crippen LogP contribution in [0.4, 0.5) is 5.69 Å². The number of nitrogens with one attached hydrogen (secondary N) is 2. The molecule has 0 aromatic heterocycles. The molecule has 4 heteroatoms. The summed E-state index contributed by atoms with van der Waals surface area (Å²) in [6, 6.07) is 7.65. The minimum absolute atomic E-state index is 0.0306. The topological polar surface area (TPSA) is 61.4 Å². The Bertz CT molecular complexity index is 421. The predicted molar refractivity (Wildman–Crippen MR) is 82.0 cm³/mol. The van der Waals surface area contributed by atoms with Gasteiger partial charge in [-0.2, -0.15) is 0 Å². The third kappa shape index (κ3) is 6.06. The highest BCUT2D eigenvalue weighted by atomic mass is 16.5. The Hall–Kier alpha value is -1.55. The summed E-state index contributed by atoms with van der Waals surface area (Å²) >= 11 is 0. The molecule has 0 aliphatic rings. The third-order valence-corrected chi connectivity index (χ3v) is 3.20. The van der Waals surface area contributed by atoms with Crippen LogP contribution in [0.5, 0.6) is 0 Å². The van der Waals surface area contributed by atoms with Crippen molar-refractivity contribution < 1.29 is 10.0 Å². The number of anilines is 1. The van der Waals surface area contributed by atoms with Gasteiger partial charge in [0.15, 0.2) is 0 Å². The highest BCUT2D eigenvalue weighted by molar-refractivity contribution is 5.76. The van der Waals surface area contributed by atoms with Gasteiger partial charge in [-0.3, -0.25) is 15.5 Å². The van der Waals surface area contributed by atoms with Gasteiger partial charge in [0.05, 0.1) is 5.69 Å². The van der Waals surface area contributed by atoms with Crippen molar-refractivity contribution in [2.45, 2.75) is 46.5 Å². The summed E-state index contributed by atoms with van der Waals surface area (Å²) in [6.45, 7) is 9.01. The number of benzene rings is 1. The van der Waals surface area contributed by atoms with E-state index in [0.717, 1.165) is 6.42 Å².